The van der Waals surface area contributed by atoms with Gasteiger partial charge in [0.15, 0.2) is 0 Å². The van der Waals surface area contributed by atoms with Crippen LogP contribution in [-0.4, -0.2) is 17.6 Å². The number of nitrogens with zero attached hydrogens (tertiary/aromatic N) is 1. The van der Waals surface area contributed by atoms with Crippen LogP contribution in [0.25, 0.3) is 10.9 Å². The Balaban J connectivity index is 2.01. The summed E-state index contributed by atoms with van der Waals surface area (Å²) in [7, 11) is 1.63. The highest BCUT2D eigenvalue weighted by Crippen LogP contribution is 2.28. The van der Waals surface area contributed by atoms with Crippen LogP contribution in [0.15, 0.2) is 42.5 Å². The number of benzene rings is 2. The minimum absolute atomic E-state index is 0.0845. The zero-order chi connectivity index (χ0) is 18.0. The predicted molar refractivity (Wildman–Crippen MR) is 103 cm³/mol. The van der Waals surface area contributed by atoms with Gasteiger partial charge in [-0.3, -0.25) is 4.79 Å². The maximum absolute atomic E-state index is 12.9. The van der Waals surface area contributed by atoms with E-state index in [2.05, 4.69) is 41.9 Å². The van der Waals surface area contributed by atoms with Crippen LogP contribution in [0.5, 0.6) is 5.75 Å². The molecule has 1 aromatic heterocycles. The molecular weight excluding hydrogens is 312 g/mol. The van der Waals surface area contributed by atoms with Crippen LogP contribution < -0.4 is 10.1 Å². The fourth-order valence-electron chi connectivity index (χ4n) is 3.28. The van der Waals surface area contributed by atoms with Gasteiger partial charge >= 0.3 is 0 Å². The first kappa shape index (κ1) is 17.1. The third kappa shape index (κ3) is 3.12. The van der Waals surface area contributed by atoms with Crippen molar-refractivity contribution in [2.45, 2.75) is 33.7 Å². The number of aryl methyl sites for hydroxylation is 3. The van der Waals surface area contributed by atoms with Crippen molar-refractivity contribution in [3.8, 4) is 5.75 Å². The molecule has 0 bridgehead atoms. The van der Waals surface area contributed by atoms with Crippen molar-refractivity contribution >= 4 is 22.5 Å². The molecule has 0 unspecified atom stereocenters. The standard InChI is InChI=1S/C21H24N2O2/c1-5-15-7-12-19-18(13-15)14(3)20(23(19)6-2)21(24)22-16-8-10-17(25-4)11-9-16/h7-13H,5-6H2,1-4H3,(H,22,24). The molecule has 0 aliphatic carbocycles. The number of anilines is 1. The number of hydrogen-bond acceptors (Lipinski definition) is 2. The summed E-state index contributed by atoms with van der Waals surface area (Å²) in [5.74, 6) is 0.683. The van der Waals surface area contributed by atoms with Crippen molar-refractivity contribution in [3.63, 3.8) is 0 Å². The largest absolute Gasteiger partial charge is 0.497 e. The number of fused-ring (bicyclic) bond motifs is 1. The molecule has 0 saturated heterocycles. The minimum atomic E-state index is -0.0845. The number of hydrogen-bond donors (Lipinski definition) is 1. The maximum Gasteiger partial charge on any atom is 0.272 e. The monoisotopic (exact) mass is 336 g/mol. The van der Waals surface area contributed by atoms with Gasteiger partial charge in [0.2, 0.25) is 0 Å². The Hall–Kier alpha value is -2.75. The van der Waals surface area contributed by atoms with Gasteiger partial charge in [0, 0.05) is 23.1 Å². The third-order valence-corrected chi connectivity index (χ3v) is 4.67. The van der Waals surface area contributed by atoms with Crippen LogP contribution in [-0.2, 0) is 13.0 Å². The third-order valence-electron chi connectivity index (χ3n) is 4.67. The Morgan fingerprint density at radius 3 is 2.44 bits per heavy atom. The van der Waals surface area contributed by atoms with Crippen molar-refractivity contribution in [2.75, 3.05) is 12.4 Å². The quantitative estimate of drug-likeness (QED) is 0.728. The number of methoxy groups -OCH3 is 1. The molecule has 0 aliphatic rings. The molecule has 3 rings (SSSR count). The van der Waals surface area contributed by atoms with Crippen LogP contribution >= 0.6 is 0 Å². The van der Waals surface area contributed by atoms with Crippen molar-refractivity contribution in [1.82, 2.24) is 4.57 Å². The van der Waals surface area contributed by atoms with E-state index in [0.717, 1.165) is 46.6 Å². The molecule has 1 heterocycles. The van der Waals surface area contributed by atoms with E-state index < -0.39 is 0 Å². The molecule has 1 N–H and O–H groups in total. The van der Waals surface area contributed by atoms with Crippen LogP contribution in [0.4, 0.5) is 5.69 Å². The molecule has 0 radical (unpaired) electrons. The van der Waals surface area contributed by atoms with Crippen molar-refractivity contribution in [3.05, 3.63) is 59.3 Å². The SMILES string of the molecule is CCc1ccc2c(c1)c(C)c(C(=O)Nc1ccc(OC)cc1)n2CC. The fraction of sp³-hybridized carbons (Fsp3) is 0.286. The van der Waals surface area contributed by atoms with E-state index in [0.29, 0.717) is 0 Å². The Morgan fingerprint density at radius 2 is 1.84 bits per heavy atom. The van der Waals surface area contributed by atoms with Crippen LogP contribution in [0, 0.1) is 6.92 Å². The Morgan fingerprint density at radius 1 is 1.12 bits per heavy atom. The summed E-state index contributed by atoms with van der Waals surface area (Å²) >= 11 is 0. The molecule has 1 amide bonds. The van der Waals surface area contributed by atoms with Crippen molar-refractivity contribution in [2.24, 2.45) is 0 Å². The molecule has 25 heavy (non-hydrogen) atoms. The number of ether oxygens (including phenoxy) is 1. The minimum Gasteiger partial charge on any atom is -0.497 e. The van der Waals surface area contributed by atoms with Crippen LogP contribution in [0.2, 0.25) is 0 Å². The Bertz CT molecular complexity index is 908. The number of rotatable bonds is 5. The molecule has 0 aliphatic heterocycles. The fourth-order valence-corrected chi connectivity index (χ4v) is 3.28. The second-order valence-electron chi connectivity index (χ2n) is 6.11. The highest BCUT2D eigenvalue weighted by molar-refractivity contribution is 6.08. The molecule has 0 spiro atoms. The Labute approximate surface area is 148 Å². The number of amides is 1. The van der Waals surface area contributed by atoms with Gasteiger partial charge in [-0.25, -0.2) is 0 Å². The van der Waals surface area contributed by atoms with E-state index in [1.54, 1.807) is 7.11 Å². The van der Waals surface area contributed by atoms with Gasteiger partial charge in [0.05, 0.1) is 7.11 Å². The zero-order valence-electron chi connectivity index (χ0n) is 15.2. The highest BCUT2D eigenvalue weighted by Gasteiger charge is 2.19. The highest BCUT2D eigenvalue weighted by atomic mass is 16.5. The summed E-state index contributed by atoms with van der Waals surface area (Å²) in [6.07, 6.45) is 0.986. The molecule has 3 aromatic rings. The second kappa shape index (κ2) is 7.01. The van der Waals surface area contributed by atoms with Gasteiger partial charge in [-0.15, -0.1) is 0 Å². The summed E-state index contributed by atoms with van der Waals surface area (Å²) in [5.41, 5.74) is 4.90. The lowest BCUT2D eigenvalue weighted by Gasteiger charge is -2.10. The molecule has 0 fully saturated rings. The van der Waals surface area contributed by atoms with E-state index in [1.165, 1.54) is 5.56 Å². The lowest BCUT2D eigenvalue weighted by molar-refractivity contribution is 0.101. The first-order chi connectivity index (χ1) is 12.1. The number of nitrogens with one attached hydrogen (secondary N) is 1. The summed E-state index contributed by atoms with van der Waals surface area (Å²) in [4.78, 5) is 12.9. The predicted octanol–water partition coefficient (Wildman–Crippen LogP) is 4.79. The topological polar surface area (TPSA) is 43.3 Å². The second-order valence-corrected chi connectivity index (χ2v) is 6.11. The van der Waals surface area contributed by atoms with E-state index in [9.17, 15) is 4.79 Å². The van der Waals surface area contributed by atoms with Gasteiger partial charge in [0.1, 0.15) is 11.4 Å². The maximum atomic E-state index is 12.9. The molecular formula is C21H24N2O2. The van der Waals surface area contributed by atoms with Gasteiger partial charge in [-0.1, -0.05) is 13.0 Å². The summed E-state index contributed by atoms with van der Waals surface area (Å²) in [6, 6.07) is 13.8. The smallest absolute Gasteiger partial charge is 0.272 e. The van der Waals surface area contributed by atoms with E-state index >= 15 is 0 Å². The summed E-state index contributed by atoms with van der Waals surface area (Å²) in [6.45, 7) is 6.99. The first-order valence-electron chi connectivity index (χ1n) is 8.66. The number of aromatic nitrogens is 1. The van der Waals surface area contributed by atoms with Crippen LogP contribution in [0.3, 0.4) is 0 Å². The Kier molecular flexibility index (Phi) is 4.79. The lowest BCUT2D eigenvalue weighted by atomic mass is 10.1. The average molecular weight is 336 g/mol. The van der Waals surface area contributed by atoms with Gasteiger partial charge in [-0.2, -0.15) is 0 Å². The van der Waals surface area contributed by atoms with E-state index in [1.807, 2.05) is 31.2 Å². The number of carbonyl (C=O) groups is 1. The first-order valence-corrected chi connectivity index (χ1v) is 8.66. The normalized spacial score (nSPS) is 10.9. The summed E-state index contributed by atoms with van der Waals surface area (Å²) < 4.78 is 7.25. The van der Waals surface area contributed by atoms with Gasteiger partial charge in [0.25, 0.3) is 5.91 Å². The average Bonchev–Trinajstić information content (AvgIpc) is 2.93. The molecule has 130 valence electrons. The molecule has 2 aromatic carbocycles. The van der Waals surface area contributed by atoms with Crippen molar-refractivity contribution in [1.29, 1.82) is 0 Å². The molecule has 0 saturated carbocycles. The van der Waals surface area contributed by atoms with E-state index in [-0.39, 0.29) is 5.91 Å². The molecule has 4 heteroatoms. The van der Waals surface area contributed by atoms with Gasteiger partial charge in [-0.05, 0) is 67.8 Å². The summed E-state index contributed by atoms with van der Waals surface area (Å²) in [5, 5.41) is 4.15. The number of carbonyl (C=O) groups excluding carboxylic acids is 1. The molecule has 4 nitrogen and oxygen atoms in total. The van der Waals surface area contributed by atoms with Crippen LogP contribution in [0.1, 0.15) is 35.5 Å². The molecule has 0 atom stereocenters. The van der Waals surface area contributed by atoms with E-state index in [4.69, 9.17) is 4.74 Å². The zero-order valence-corrected chi connectivity index (χ0v) is 15.2. The van der Waals surface area contributed by atoms with Crippen molar-refractivity contribution < 1.29 is 9.53 Å². The van der Waals surface area contributed by atoms with Gasteiger partial charge < -0.3 is 14.6 Å². The lowest BCUT2D eigenvalue weighted by Crippen LogP contribution is -2.17.